The zero-order chi connectivity index (χ0) is 49.1. The number of alkyl carbamates (subject to hydrolysis) is 2. The van der Waals surface area contributed by atoms with Crippen molar-refractivity contribution in [2.24, 2.45) is 0 Å². The summed E-state index contributed by atoms with van der Waals surface area (Å²) in [5.41, 5.74) is 8.61. The Balaban J connectivity index is 0.00000188. The highest BCUT2D eigenvalue weighted by molar-refractivity contribution is 5.90. The molecule has 6 heterocycles. The highest BCUT2D eigenvalue weighted by atomic mass is 16.6. The van der Waals surface area contributed by atoms with Crippen LogP contribution in [-0.2, 0) is 32.3 Å². The molecule has 4 N–H and O–H groups in total. The van der Waals surface area contributed by atoms with E-state index in [4.69, 9.17) is 28.9 Å². The van der Waals surface area contributed by atoms with E-state index in [1.54, 1.807) is 49.9 Å². The van der Waals surface area contributed by atoms with Crippen LogP contribution < -0.4 is 20.1 Å². The van der Waals surface area contributed by atoms with Gasteiger partial charge >= 0.3 is 12.2 Å². The van der Waals surface area contributed by atoms with Gasteiger partial charge in [0.1, 0.15) is 48.4 Å². The second-order valence-electron chi connectivity index (χ2n) is 18.2. The van der Waals surface area contributed by atoms with Crippen LogP contribution in [0, 0.1) is 0 Å². The lowest BCUT2D eigenvalue weighted by Gasteiger charge is -2.30. The van der Waals surface area contributed by atoms with Crippen molar-refractivity contribution < 1.29 is 41.0 Å². The lowest BCUT2D eigenvalue weighted by molar-refractivity contribution is -0.135. The number of carbonyl (C=O) groups is 4. The Kier molecular flexibility index (Phi) is 13.7. The number of nitrogens with zero attached hydrogens (tertiary/aromatic N) is 4. The fraction of sp³-hybridized carbons (Fsp3) is 0.333. The lowest BCUT2D eigenvalue weighted by Crippen LogP contribution is -2.43. The van der Waals surface area contributed by atoms with Gasteiger partial charge in [-0.1, -0.05) is 60.7 Å². The Hall–Kier alpha value is -7.88. The molecule has 16 heteroatoms. The Labute approximate surface area is 409 Å². The summed E-state index contributed by atoms with van der Waals surface area (Å²) in [6.07, 6.45) is 4.61. The molecule has 0 radical (unpaired) electrons. The molecule has 2 fully saturated rings. The molecule has 0 spiro atoms. The number of ether oxygens (including phenoxy) is 4. The largest absolute Gasteiger partial charge is 0.488 e. The van der Waals surface area contributed by atoms with Gasteiger partial charge < -0.3 is 49.3 Å². The van der Waals surface area contributed by atoms with E-state index in [0.717, 1.165) is 69.1 Å². The first-order valence-corrected chi connectivity index (χ1v) is 23.8. The minimum Gasteiger partial charge on any atom is -0.488 e. The fourth-order valence-electron chi connectivity index (χ4n) is 9.86. The van der Waals surface area contributed by atoms with E-state index < -0.39 is 24.3 Å². The van der Waals surface area contributed by atoms with Gasteiger partial charge in [-0.3, -0.25) is 9.59 Å². The van der Waals surface area contributed by atoms with E-state index >= 15 is 0 Å². The minimum absolute atomic E-state index is 0. The summed E-state index contributed by atoms with van der Waals surface area (Å²) in [6.45, 7) is 14.8. The number of rotatable bonds is 12. The summed E-state index contributed by atoms with van der Waals surface area (Å²) in [7, 11) is 0. The smallest absolute Gasteiger partial charge is 0.408 e. The average molecular weight is 951 g/mol. The van der Waals surface area contributed by atoms with Crippen LogP contribution >= 0.6 is 0 Å². The van der Waals surface area contributed by atoms with Crippen molar-refractivity contribution in [2.45, 2.75) is 103 Å². The molecule has 0 bridgehead atoms. The third kappa shape index (κ3) is 9.58. The van der Waals surface area contributed by atoms with Crippen molar-refractivity contribution in [3.05, 3.63) is 144 Å². The van der Waals surface area contributed by atoms with Gasteiger partial charge in [0.05, 0.1) is 48.1 Å². The molecule has 6 aromatic rings. The van der Waals surface area contributed by atoms with Crippen LogP contribution in [0.25, 0.3) is 33.6 Å². The summed E-state index contributed by atoms with van der Waals surface area (Å²) < 4.78 is 23.7. The Morgan fingerprint density at radius 2 is 1.04 bits per heavy atom. The molecular formula is C54H62N8O8. The number of aromatic amines is 2. The van der Waals surface area contributed by atoms with Gasteiger partial charge in [0, 0.05) is 49.3 Å². The molecule has 0 aliphatic carbocycles. The van der Waals surface area contributed by atoms with Gasteiger partial charge in [0.25, 0.3) is 11.8 Å². The maximum atomic E-state index is 14.2. The number of likely N-dealkylation sites (tertiary alicyclic amines) is 2. The van der Waals surface area contributed by atoms with Crippen molar-refractivity contribution in [3.63, 3.8) is 0 Å². The molecule has 4 aliphatic rings. The van der Waals surface area contributed by atoms with E-state index in [0.29, 0.717) is 61.9 Å². The lowest BCUT2D eigenvalue weighted by atomic mass is 9.87. The number of carbonyl (C=O) groups excluding carboxylic acids is 4. The topological polar surface area (TPSA) is 193 Å². The van der Waals surface area contributed by atoms with Crippen molar-refractivity contribution >= 4 is 24.0 Å². The number of imidazole rings is 2. The van der Waals surface area contributed by atoms with Gasteiger partial charge in [-0.05, 0) is 88.8 Å². The molecular weight excluding hydrogens is 889 g/mol. The van der Waals surface area contributed by atoms with Gasteiger partial charge in [-0.2, -0.15) is 0 Å². The van der Waals surface area contributed by atoms with Crippen molar-refractivity contribution in [2.75, 3.05) is 13.1 Å². The van der Waals surface area contributed by atoms with Crippen LogP contribution in [0.3, 0.4) is 0 Å². The molecule has 0 unspecified atom stereocenters. The first-order valence-electron chi connectivity index (χ1n) is 23.8. The molecule has 366 valence electrons. The predicted molar refractivity (Wildman–Crippen MR) is 266 cm³/mol. The molecule has 16 nitrogen and oxygen atoms in total. The van der Waals surface area contributed by atoms with Crippen LogP contribution in [0.1, 0.15) is 114 Å². The van der Waals surface area contributed by atoms with Crippen LogP contribution in [-0.4, -0.2) is 79.0 Å². The third-order valence-corrected chi connectivity index (χ3v) is 12.9. The minimum atomic E-state index is -0.920. The van der Waals surface area contributed by atoms with Gasteiger partial charge in [-0.15, -0.1) is 13.2 Å². The van der Waals surface area contributed by atoms with E-state index in [1.807, 2.05) is 72.8 Å². The predicted octanol–water partition coefficient (Wildman–Crippen LogP) is 10.3. The Morgan fingerprint density at radius 3 is 1.43 bits per heavy atom. The first-order chi connectivity index (χ1) is 34.0. The average Bonchev–Trinajstić information content (AvgIpc) is 4.22. The van der Waals surface area contributed by atoms with E-state index in [9.17, 15) is 19.2 Å². The molecule has 10 rings (SSSR count). The maximum absolute atomic E-state index is 14.2. The summed E-state index contributed by atoms with van der Waals surface area (Å²) in [5.74, 6) is 2.36. The number of aromatic nitrogens is 4. The van der Waals surface area contributed by atoms with Gasteiger partial charge in [0.2, 0.25) is 0 Å². The molecule has 4 amide bonds. The van der Waals surface area contributed by atoms with Crippen LogP contribution in [0.2, 0.25) is 0 Å². The number of H-pyrrole nitrogens is 2. The van der Waals surface area contributed by atoms with Crippen LogP contribution in [0.15, 0.2) is 110 Å². The van der Waals surface area contributed by atoms with Crippen molar-refractivity contribution in [3.8, 4) is 45.1 Å². The molecule has 4 atom stereocenters. The number of amides is 4. The van der Waals surface area contributed by atoms with E-state index in [1.165, 1.54) is 0 Å². The molecule has 0 saturated carbocycles. The van der Waals surface area contributed by atoms with Crippen LogP contribution in [0.5, 0.6) is 11.5 Å². The maximum Gasteiger partial charge on any atom is 0.408 e. The molecule has 4 aromatic carbocycles. The zero-order valence-electron chi connectivity index (χ0n) is 39.8. The Bertz CT molecular complexity index is 2650. The number of nitrogens with one attached hydrogen (secondary N) is 4. The molecule has 2 aromatic heterocycles. The summed E-state index contributed by atoms with van der Waals surface area (Å²) in [6, 6.07) is 24.2. The summed E-state index contributed by atoms with van der Waals surface area (Å²) >= 11 is 0. The first kappa shape index (κ1) is 47.2. The summed E-state index contributed by atoms with van der Waals surface area (Å²) in [4.78, 5) is 74.2. The summed E-state index contributed by atoms with van der Waals surface area (Å²) in [5, 5.41) is 5.61. The SMILES string of the molecule is C=C.CC(C)OC(=O)N[C@@H](C(=O)N1CCC[C@H]1c1ncc(-c2cc3c4c(c2)OCc2cc(-c5cnc([C@@H]6CCCN6C(=O)[C@H](NC(=O)OC(C)C)c6ccccc6)[nH]5)cc(c2-4)OC3)[nH]1)c1ccccc1.[HH].[HH]. The number of hydrogen-bond donors (Lipinski definition) is 4. The zero-order valence-corrected chi connectivity index (χ0v) is 39.8. The van der Waals surface area contributed by atoms with Crippen LogP contribution in [0.4, 0.5) is 9.59 Å². The molecule has 2 saturated heterocycles. The Morgan fingerprint density at radius 1 is 0.643 bits per heavy atom. The van der Waals surface area contributed by atoms with E-state index in [-0.39, 0.29) is 39.0 Å². The molecule has 70 heavy (non-hydrogen) atoms. The highest BCUT2D eigenvalue weighted by Crippen LogP contribution is 2.51. The third-order valence-electron chi connectivity index (χ3n) is 12.9. The van der Waals surface area contributed by atoms with Crippen molar-refractivity contribution in [1.82, 2.24) is 40.4 Å². The quantitative estimate of drug-likeness (QED) is 0.0858. The van der Waals surface area contributed by atoms with E-state index in [2.05, 4.69) is 45.9 Å². The van der Waals surface area contributed by atoms with Crippen molar-refractivity contribution in [1.29, 1.82) is 0 Å². The van der Waals surface area contributed by atoms with Gasteiger partial charge in [0.15, 0.2) is 0 Å². The highest BCUT2D eigenvalue weighted by Gasteiger charge is 2.39. The second-order valence-corrected chi connectivity index (χ2v) is 18.2. The standard InChI is InChI=1S/C52H54N8O8.C2H4.2H2/c1-29(2)67-51(63)57-45(31-13-7-5-8-14-31)49(61)59-19-11-17-39(59)47-53-25-37(55-47)33-21-35-27-66-42-24-34(22-36-28-65-41(23-33)43(35)44(36)42)38-26-54-48(56-38)40-18-12-20-60(40)50(62)46(32-15-9-6-10-16-32)58-52(64)68-30(3)4;1-2;;/h5-10,13-16,21-26,29-30,39-40,45-46H,11-12,17-20,27-28H2,1-4H3,(H,53,55)(H,54,56)(H,57,63)(H,58,64);1-2H2;2*1H/t39-,40-,45+,46+;;;/m0.../s1. The number of hydrogen-bond acceptors (Lipinski definition) is 10. The fourth-order valence-corrected chi connectivity index (χ4v) is 9.86. The number of benzene rings is 4. The second kappa shape index (κ2) is 20.4. The van der Waals surface area contributed by atoms with Gasteiger partial charge in [-0.25, -0.2) is 19.6 Å². The molecule has 4 aliphatic heterocycles. The normalized spacial score (nSPS) is 17.3. The monoisotopic (exact) mass is 950 g/mol.